The molecule has 6 nitrogen and oxygen atoms in total. The highest BCUT2D eigenvalue weighted by Gasteiger charge is 2.15. The molecule has 0 amide bonds. The number of ether oxygens (including phenoxy) is 1. The molecule has 0 atom stereocenters. The fraction of sp³-hybridized carbons (Fsp3) is 0.208. The van der Waals surface area contributed by atoms with Crippen LogP contribution in [0.5, 0.6) is 5.75 Å². The first kappa shape index (κ1) is 20.9. The zero-order valence-electron chi connectivity index (χ0n) is 17.6. The lowest BCUT2D eigenvalue weighted by Crippen LogP contribution is -2.13. The second-order valence-corrected chi connectivity index (χ2v) is 8.97. The van der Waals surface area contributed by atoms with Crippen LogP contribution in [0, 0.1) is 0 Å². The van der Waals surface area contributed by atoms with Crippen LogP contribution in [0.15, 0.2) is 77.7 Å². The number of hydrogen-bond donors (Lipinski definition) is 1. The highest BCUT2D eigenvalue weighted by atomic mass is 32.2. The molecule has 0 spiro atoms. The monoisotopic (exact) mass is 435 g/mol. The Morgan fingerprint density at radius 3 is 2.48 bits per heavy atom. The number of para-hydroxylation sites is 2. The number of imidazole rings is 1. The maximum Gasteiger partial charge on any atom is 0.261 e. The molecule has 4 aromatic rings. The largest absolute Gasteiger partial charge is 0.494 e. The van der Waals surface area contributed by atoms with E-state index in [0.29, 0.717) is 18.0 Å². The van der Waals surface area contributed by atoms with Gasteiger partial charge in [-0.05, 0) is 67.4 Å². The summed E-state index contributed by atoms with van der Waals surface area (Å²) in [7, 11) is -1.66. The van der Waals surface area contributed by atoms with E-state index in [2.05, 4.69) is 15.4 Å². The van der Waals surface area contributed by atoms with Gasteiger partial charge in [-0.1, -0.05) is 24.3 Å². The van der Waals surface area contributed by atoms with Crippen LogP contribution in [0.2, 0.25) is 0 Å². The van der Waals surface area contributed by atoms with Crippen molar-refractivity contribution in [2.45, 2.75) is 24.7 Å². The van der Waals surface area contributed by atoms with E-state index in [9.17, 15) is 8.42 Å². The summed E-state index contributed by atoms with van der Waals surface area (Å²) in [4.78, 5) is 4.91. The minimum atomic E-state index is -3.67. The van der Waals surface area contributed by atoms with Gasteiger partial charge in [0.05, 0.1) is 22.5 Å². The van der Waals surface area contributed by atoms with Gasteiger partial charge in [0.2, 0.25) is 0 Å². The third-order valence-corrected chi connectivity index (χ3v) is 6.54. The fourth-order valence-corrected chi connectivity index (χ4v) is 4.61. The molecule has 0 bridgehead atoms. The number of fused-ring (bicyclic) bond motifs is 1. The van der Waals surface area contributed by atoms with Crippen LogP contribution in [0.25, 0.3) is 11.0 Å². The molecule has 0 radical (unpaired) electrons. The van der Waals surface area contributed by atoms with E-state index < -0.39 is 10.0 Å². The summed E-state index contributed by atoms with van der Waals surface area (Å²) in [6.45, 7) is 2.42. The first-order valence-corrected chi connectivity index (χ1v) is 11.7. The van der Waals surface area contributed by atoms with Crippen molar-refractivity contribution in [2.24, 2.45) is 7.05 Å². The summed E-state index contributed by atoms with van der Waals surface area (Å²) in [5.74, 6) is 1.65. The van der Waals surface area contributed by atoms with Crippen molar-refractivity contribution in [3.05, 3.63) is 84.2 Å². The number of rotatable bonds is 8. The maximum atomic E-state index is 12.7. The Balaban J connectivity index is 1.46. The van der Waals surface area contributed by atoms with E-state index in [1.165, 1.54) is 0 Å². The van der Waals surface area contributed by atoms with E-state index in [1.54, 1.807) is 30.3 Å². The Hall–Kier alpha value is -3.32. The summed E-state index contributed by atoms with van der Waals surface area (Å²) in [6.07, 6.45) is 1.52. The molecule has 7 heteroatoms. The van der Waals surface area contributed by atoms with E-state index >= 15 is 0 Å². The van der Waals surface area contributed by atoms with E-state index in [1.807, 2.05) is 50.4 Å². The molecular formula is C24H25N3O3S. The number of nitrogens with one attached hydrogen (secondary N) is 1. The van der Waals surface area contributed by atoms with Crippen molar-refractivity contribution >= 4 is 26.7 Å². The normalized spacial score (nSPS) is 11.5. The molecule has 0 aliphatic carbocycles. The van der Waals surface area contributed by atoms with Gasteiger partial charge in [-0.2, -0.15) is 0 Å². The molecule has 0 saturated carbocycles. The molecule has 1 aromatic heterocycles. The number of aromatic nitrogens is 2. The quantitative estimate of drug-likeness (QED) is 0.440. The van der Waals surface area contributed by atoms with Crippen molar-refractivity contribution in [3.8, 4) is 5.75 Å². The second kappa shape index (κ2) is 8.81. The third kappa shape index (κ3) is 4.72. The van der Waals surface area contributed by atoms with Gasteiger partial charge in [-0.25, -0.2) is 13.4 Å². The number of hydrogen-bond acceptors (Lipinski definition) is 4. The van der Waals surface area contributed by atoms with E-state index in [0.717, 1.165) is 35.3 Å². The SMILES string of the molecule is CCOc1ccc(S(=O)(=O)Nc2cccc(CCc3nc4ccccc4n3C)c2)cc1. The molecule has 0 fully saturated rings. The maximum absolute atomic E-state index is 12.7. The van der Waals surface area contributed by atoms with Gasteiger partial charge in [0.25, 0.3) is 10.0 Å². The third-order valence-electron chi connectivity index (χ3n) is 5.14. The standard InChI is InChI=1S/C24H25N3O3S/c1-3-30-20-12-14-21(15-13-20)31(28,29)26-19-8-6-7-18(17-19)11-16-24-25-22-9-4-5-10-23(22)27(24)2/h4-10,12-15,17,26H,3,11,16H2,1-2H3. The highest BCUT2D eigenvalue weighted by Crippen LogP contribution is 2.21. The molecule has 0 saturated heterocycles. The Kier molecular flexibility index (Phi) is 5.95. The lowest BCUT2D eigenvalue weighted by Gasteiger charge is -2.10. The van der Waals surface area contributed by atoms with Crippen LogP contribution < -0.4 is 9.46 Å². The van der Waals surface area contributed by atoms with Gasteiger partial charge >= 0.3 is 0 Å². The first-order chi connectivity index (χ1) is 15.0. The Labute approximate surface area is 182 Å². The predicted molar refractivity (Wildman–Crippen MR) is 123 cm³/mol. The smallest absolute Gasteiger partial charge is 0.261 e. The second-order valence-electron chi connectivity index (χ2n) is 7.29. The minimum absolute atomic E-state index is 0.195. The molecule has 0 aliphatic heterocycles. The Morgan fingerprint density at radius 2 is 1.74 bits per heavy atom. The molecule has 4 rings (SSSR count). The molecule has 0 aliphatic rings. The zero-order chi connectivity index (χ0) is 21.8. The van der Waals surface area contributed by atoms with Gasteiger partial charge in [-0.3, -0.25) is 4.72 Å². The lowest BCUT2D eigenvalue weighted by molar-refractivity contribution is 0.340. The van der Waals surface area contributed by atoms with Crippen molar-refractivity contribution in [1.29, 1.82) is 0 Å². The van der Waals surface area contributed by atoms with Gasteiger partial charge in [0.1, 0.15) is 11.6 Å². The minimum Gasteiger partial charge on any atom is -0.494 e. The molecular weight excluding hydrogens is 410 g/mol. The lowest BCUT2D eigenvalue weighted by atomic mass is 10.1. The summed E-state index contributed by atoms with van der Waals surface area (Å²) in [6, 6.07) is 21.9. The zero-order valence-corrected chi connectivity index (χ0v) is 18.4. The summed E-state index contributed by atoms with van der Waals surface area (Å²) in [5, 5.41) is 0. The van der Waals surface area contributed by atoms with Crippen LogP contribution >= 0.6 is 0 Å². The first-order valence-electron chi connectivity index (χ1n) is 10.2. The summed E-state index contributed by atoms with van der Waals surface area (Å²) >= 11 is 0. The summed E-state index contributed by atoms with van der Waals surface area (Å²) in [5.41, 5.74) is 3.67. The van der Waals surface area contributed by atoms with Crippen LogP contribution in [-0.2, 0) is 29.9 Å². The van der Waals surface area contributed by atoms with Crippen molar-refractivity contribution < 1.29 is 13.2 Å². The van der Waals surface area contributed by atoms with Gasteiger partial charge in [-0.15, -0.1) is 0 Å². The number of aryl methyl sites for hydroxylation is 3. The van der Waals surface area contributed by atoms with Crippen molar-refractivity contribution in [3.63, 3.8) is 0 Å². The molecule has 1 N–H and O–H groups in total. The highest BCUT2D eigenvalue weighted by molar-refractivity contribution is 7.92. The van der Waals surface area contributed by atoms with Crippen LogP contribution in [-0.4, -0.2) is 24.6 Å². The Morgan fingerprint density at radius 1 is 0.968 bits per heavy atom. The molecule has 1 heterocycles. The average Bonchev–Trinajstić information content (AvgIpc) is 3.09. The number of nitrogens with zero attached hydrogens (tertiary/aromatic N) is 2. The van der Waals surface area contributed by atoms with E-state index in [4.69, 9.17) is 9.72 Å². The van der Waals surface area contributed by atoms with Gasteiger partial charge in [0.15, 0.2) is 0 Å². The predicted octanol–water partition coefficient (Wildman–Crippen LogP) is 4.56. The van der Waals surface area contributed by atoms with Crippen LogP contribution in [0.1, 0.15) is 18.3 Å². The van der Waals surface area contributed by atoms with Gasteiger partial charge < -0.3 is 9.30 Å². The fourth-order valence-electron chi connectivity index (χ4n) is 3.56. The molecule has 0 unspecified atom stereocenters. The number of benzene rings is 3. The molecule has 3 aromatic carbocycles. The van der Waals surface area contributed by atoms with Crippen LogP contribution in [0.3, 0.4) is 0 Å². The number of anilines is 1. The number of sulfonamides is 1. The summed E-state index contributed by atoms with van der Waals surface area (Å²) < 4.78 is 35.6. The molecule has 160 valence electrons. The van der Waals surface area contributed by atoms with Crippen LogP contribution in [0.4, 0.5) is 5.69 Å². The van der Waals surface area contributed by atoms with Crippen molar-refractivity contribution in [1.82, 2.24) is 9.55 Å². The topological polar surface area (TPSA) is 73.2 Å². The van der Waals surface area contributed by atoms with Crippen molar-refractivity contribution in [2.75, 3.05) is 11.3 Å². The average molecular weight is 436 g/mol. The van der Waals surface area contributed by atoms with Gasteiger partial charge in [0, 0.05) is 19.2 Å². The molecule has 31 heavy (non-hydrogen) atoms. The Bertz CT molecular complexity index is 1300. The van der Waals surface area contributed by atoms with E-state index in [-0.39, 0.29) is 4.90 Å².